The van der Waals surface area contributed by atoms with E-state index in [0.29, 0.717) is 5.92 Å². The van der Waals surface area contributed by atoms with Crippen molar-refractivity contribution in [1.82, 2.24) is 14.8 Å². The first-order valence-corrected chi connectivity index (χ1v) is 5.99. The lowest BCUT2D eigenvalue weighted by Crippen LogP contribution is -2.14. The van der Waals surface area contributed by atoms with Crippen LogP contribution in [-0.4, -0.2) is 25.8 Å². The van der Waals surface area contributed by atoms with Crippen LogP contribution in [0.4, 0.5) is 0 Å². The number of aromatic nitrogens is 3. The number of hydrogen-bond donors (Lipinski definition) is 1. The van der Waals surface area contributed by atoms with Crippen LogP contribution in [0.2, 0.25) is 0 Å². The molecule has 0 spiro atoms. The Balaban J connectivity index is 2.08. The summed E-state index contributed by atoms with van der Waals surface area (Å²) in [6.07, 6.45) is 6.79. The number of nitrogens with zero attached hydrogens (tertiary/aromatic N) is 3. The smallest absolute Gasteiger partial charge is 0.356 e. The third-order valence-electron chi connectivity index (χ3n) is 3.37. The van der Waals surface area contributed by atoms with E-state index in [-0.39, 0.29) is 5.69 Å². The van der Waals surface area contributed by atoms with E-state index >= 15 is 0 Å². The van der Waals surface area contributed by atoms with E-state index in [4.69, 9.17) is 5.11 Å². The number of hydrogen-bond acceptors (Lipinski definition) is 3. The highest BCUT2D eigenvalue weighted by molar-refractivity contribution is 5.85. The molecule has 18 heavy (non-hydrogen) atoms. The van der Waals surface area contributed by atoms with E-state index in [0.717, 1.165) is 24.2 Å². The highest BCUT2D eigenvalue weighted by Gasteiger charge is 2.26. The van der Waals surface area contributed by atoms with Crippen molar-refractivity contribution in [2.45, 2.75) is 25.2 Å². The minimum atomic E-state index is -0.988. The first-order valence-electron chi connectivity index (χ1n) is 5.99. The lowest BCUT2D eigenvalue weighted by molar-refractivity contribution is 0.0690. The lowest BCUT2D eigenvalue weighted by atomic mass is 9.83. The van der Waals surface area contributed by atoms with Gasteiger partial charge in [-0.3, -0.25) is 4.98 Å². The number of rotatable bonds is 3. The van der Waals surface area contributed by atoms with Crippen LogP contribution >= 0.6 is 0 Å². The molecule has 0 saturated heterocycles. The average Bonchev–Trinajstić information content (AvgIpc) is 2.73. The number of aromatic carboxylic acids is 1. The van der Waals surface area contributed by atoms with Gasteiger partial charge in [0.05, 0.1) is 11.9 Å². The molecule has 2 aromatic heterocycles. The van der Waals surface area contributed by atoms with Gasteiger partial charge in [-0.2, -0.15) is 5.10 Å². The van der Waals surface area contributed by atoms with Gasteiger partial charge in [-0.05, 0) is 31.0 Å². The summed E-state index contributed by atoms with van der Waals surface area (Å²) in [6, 6.07) is 5.38. The fraction of sp³-hybridized carbons (Fsp3) is 0.308. The second kappa shape index (κ2) is 4.25. The Hall–Kier alpha value is -2.17. The van der Waals surface area contributed by atoms with E-state index in [1.54, 1.807) is 23.1 Å². The minimum Gasteiger partial charge on any atom is -0.476 e. The molecular weight excluding hydrogens is 230 g/mol. The maximum atomic E-state index is 11.0. The predicted molar refractivity (Wildman–Crippen MR) is 64.9 cm³/mol. The maximum absolute atomic E-state index is 11.0. The van der Waals surface area contributed by atoms with Crippen LogP contribution in [0.5, 0.6) is 0 Å². The topological polar surface area (TPSA) is 68.0 Å². The first-order chi connectivity index (χ1) is 8.75. The fourth-order valence-corrected chi connectivity index (χ4v) is 2.18. The Kier molecular flexibility index (Phi) is 2.59. The summed E-state index contributed by atoms with van der Waals surface area (Å²) in [7, 11) is 0. The van der Waals surface area contributed by atoms with Crippen molar-refractivity contribution < 1.29 is 9.90 Å². The number of carboxylic acid groups (broad SMARTS) is 1. The zero-order chi connectivity index (χ0) is 12.5. The molecule has 2 heterocycles. The maximum Gasteiger partial charge on any atom is 0.356 e. The van der Waals surface area contributed by atoms with Crippen LogP contribution < -0.4 is 0 Å². The van der Waals surface area contributed by atoms with Crippen LogP contribution in [0.25, 0.3) is 5.69 Å². The van der Waals surface area contributed by atoms with Crippen LogP contribution in [0.15, 0.2) is 30.6 Å². The number of pyridine rings is 1. The van der Waals surface area contributed by atoms with Crippen molar-refractivity contribution >= 4 is 5.97 Å². The third-order valence-corrected chi connectivity index (χ3v) is 3.37. The molecule has 0 atom stereocenters. The molecule has 0 unspecified atom stereocenters. The monoisotopic (exact) mass is 243 g/mol. The summed E-state index contributed by atoms with van der Waals surface area (Å²) in [6.45, 7) is 0. The van der Waals surface area contributed by atoms with Crippen molar-refractivity contribution in [2.75, 3.05) is 0 Å². The van der Waals surface area contributed by atoms with Gasteiger partial charge in [0.15, 0.2) is 5.69 Å². The molecule has 3 rings (SSSR count). The standard InChI is InChI=1S/C13H13N3O2/c17-13(18)11-7-12(9-3-1-4-9)16(15-11)10-5-2-6-14-8-10/h2,5-9H,1,3-4H2,(H,17,18). The van der Waals surface area contributed by atoms with Gasteiger partial charge in [-0.1, -0.05) is 6.42 Å². The predicted octanol–water partition coefficient (Wildman–Crippen LogP) is 2.23. The summed E-state index contributed by atoms with van der Waals surface area (Å²) in [5, 5.41) is 13.2. The molecule has 92 valence electrons. The zero-order valence-corrected chi connectivity index (χ0v) is 9.78. The number of carbonyl (C=O) groups is 1. The van der Waals surface area contributed by atoms with E-state index in [1.807, 2.05) is 12.1 Å². The SMILES string of the molecule is O=C(O)c1cc(C2CCC2)n(-c2cccnc2)n1. The van der Waals surface area contributed by atoms with Gasteiger partial charge in [0.25, 0.3) is 0 Å². The second-order valence-corrected chi connectivity index (χ2v) is 4.51. The van der Waals surface area contributed by atoms with E-state index in [1.165, 1.54) is 6.42 Å². The van der Waals surface area contributed by atoms with Gasteiger partial charge >= 0.3 is 5.97 Å². The van der Waals surface area contributed by atoms with Gasteiger partial charge in [-0.15, -0.1) is 0 Å². The summed E-state index contributed by atoms with van der Waals surface area (Å²) >= 11 is 0. The molecule has 1 N–H and O–H groups in total. The lowest BCUT2D eigenvalue weighted by Gasteiger charge is -2.25. The van der Waals surface area contributed by atoms with Crippen LogP contribution in [0.3, 0.4) is 0 Å². The largest absolute Gasteiger partial charge is 0.476 e. The van der Waals surface area contributed by atoms with Gasteiger partial charge < -0.3 is 5.11 Å². The molecule has 5 heteroatoms. The molecule has 0 aliphatic heterocycles. The molecule has 0 radical (unpaired) electrons. The average molecular weight is 243 g/mol. The van der Waals surface area contributed by atoms with Crippen molar-refractivity contribution in [3.8, 4) is 5.69 Å². The molecule has 1 saturated carbocycles. The molecule has 0 bridgehead atoms. The van der Waals surface area contributed by atoms with Crippen molar-refractivity contribution in [3.63, 3.8) is 0 Å². The van der Waals surface area contributed by atoms with Crippen molar-refractivity contribution in [1.29, 1.82) is 0 Å². The van der Waals surface area contributed by atoms with Crippen LogP contribution in [0, 0.1) is 0 Å². The van der Waals surface area contributed by atoms with Gasteiger partial charge in [-0.25, -0.2) is 9.48 Å². The molecule has 1 aliphatic carbocycles. The van der Waals surface area contributed by atoms with Crippen LogP contribution in [0.1, 0.15) is 41.4 Å². The van der Waals surface area contributed by atoms with Crippen LogP contribution in [-0.2, 0) is 0 Å². The molecule has 1 aliphatic rings. The molecule has 5 nitrogen and oxygen atoms in total. The van der Waals surface area contributed by atoms with Gasteiger partial charge in [0.2, 0.25) is 0 Å². The minimum absolute atomic E-state index is 0.0979. The molecule has 0 amide bonds. The Morgan fingerprint density at radius 3 is 2.83 bits per heavy atom. The number of carboxylic acids is 1. The van der Waals surface area contributed by atoms with E-state index in [9.17, 15) is 4.79 Å². The molecular formula is C13H13N3O2. The van der Waals surface area contributed by atoms with E-state index in [2.05, 4.69) is 10.1 Å². The quantitative estimate of drug-likeness (QED) is 0.897. The Morgan fingerprint density at radius 2 is 2.28 bits per heavy atom. The summed E-state index contributed by atoms with van der Waals surface area (Å²) in [4.78, 5) is 15.1. The molecule has 0 aromatic carbocycles. The zero-order valence-electron chi connectivity index (χ0n) is 9.78. The third kappa shape index (κ3) is 1.77. The second-order valence-electron chi connectivity index (χ2n) is 4.51. The van der Waals surface area contributed by atoms with Crippen molar-refractivity contribution in [2.24, 2.45) is 0 Å². The fourth-order valence-electron chi connectivity index (χ4n) is 2.18. The Labute approximate surface area is 104 Å². The highest BCUT2D eigenvalue weighted by atomic mass is 16.4. The Bertz CT molecular complexity index is 573. The van der Waals surface area contributed by atoms with Crippen molar-refractivity contribution in [3.05, 3.63) is 42.0 Å². The summed E-state index contributed by atoms with van der Waals surface area (Å²) < 4.78 is 1.71. The highest BCUT2D eigenvalue weighted by Crippen LogP contribution is 2.37. The summed E-state index contributed by atoms with van der Waals surface area (Å²) in [5.41, 5.74) is 1.89. The molecule has 1 fully saturated rings. The molecule has 2 aromatic rings. The summed E-state index contributed by atoms with van der Waals surface area (Å²) in [5.74, 6) is -0.566. The Morgan fingerprint density at radius 1 is 1.44 bits per heavy atom. The van der Waals surface area contributed by atoms with E-state index < -0.39 is 5.97 Å². The first kappa shape index (κ1) is 11.0. The van der Waals surface area contributed by atoms with Gasteiger partial charge in [0, 0.05) is 17.8 Å². The normalized spacial score (nSPS) is 15.3. The van der Waals surface area contributed by atoms with Gasteiger partial charge in [0.1, 0.15) is 0 Å².